The number of amides is 1. The zero-order valence-electron chi connectivity index (χ0n) is 15.7. The molecule has 3 aromatic rings. The zero-order chi connectivity index (χ0) is 20.1. The molecule has 0 saturated carbocycles. The molecular weight excluding hydrogens is 467 g/mol. The Labute approximate surface area is 177 Å². The van der Waals surface area contributed by atoms with Crippen LogP contribution in [0.2, 0.25) is 0 Å². The number of benzene rings is 2. The normalized spacial score (nSPS) is 10.5. The number of ether oxygens (including phenoxy) is 1. The largest absolute Gasteiger partial charge is 0.452 e. The van der Waals surface area contributed by atoms with E-state index in [0.717, 1.165) is 20.5 Å². The fraction of sp³-hybridized carbons (Fsp3) is 0.182. The maximum Gasteiger partial charge on any atom is 0.340 e. The Morgan fingerprint density at radius 3 is 2.43 bits per heavy atom. The third kappa shape index (κ3) is 4.81. The zero-order valence-corrected chi connectivity index (χ0v) is 17.9. The van der Waals surface area contributed by atoms with E-state index in [1.165, 1.54) is 0 Å². The van der Waals surface area contributed by atoms with Crippen LogP contribution in [0.3, 0.4) is 0 Å². The second-order valence-electron chi connectivity index (χ2n) is 6.46. The molecule has 0 fully saturated rings. The first-order chi connectivity index (χ1) is 13.5. The van der Waals surface area contributed by atoms with Crippen molar-refractivity contribution >= 4 is 40.2 Å². The topological polar surface area (TPSA) is 60.3 Å². The lowest BCUT2D eigenvalue weighted by atomic mass is 10.2. The lowest BCUT2D eigenvalue weighted by Gasteiger charge is -2.10. The number of nitrogens with zero attached hydrogens (tertiary/aromatic N) is 1. The van der Waals surface area contributed by atoms with E-state index >= 15 is 0 Å². The summed E-state index contributed by atoms with van der Waals surface area (Å²) in [5, 5.41) is 2.75. The smallest absolute Gasteiger partial charge is 0.340 e. The molecule has 2 aromatic carbocycles. The van der Waals surface area contributed by atoms with E-state index in [9.17, 15) is 9.59 Å². The third-order valence-electron chi connectivity index (χ3n) is 4.46. The fourth-order valence-corrected chi connectivity index (χ4v) is 3.50. The van der Waals surface area contributed by atoms with E-state index in [4.69, 9.17) is 4.74 Å². The Balaban J connectivity index is 1.64. The summed E-state index contributed by atoms with van der Waals surface area (Å²) in [6, 6.07) is 19.3. The standard InChI is InChI=1S/C22H21IN2O3/c1-15-12-18(16(2)25(15)13-17-8-4-3-5-9-17)22(27)28-14-21(26)24-20-11-7-6-10-19(20)23/h3-12H,13-14H2,1-2H3,(H,24,26). The first-order valence-electron chi connectivity index (χ1n) is 8.88. The first kappa shape index (κ1) is 20.1. The van der Waals surface area contributed by atoms with Gasteiger partial charge in [-0.3, -0.25) is 4.79 Å². The van der Waals surface area contributed by atoms with Gasteiger partial charge in [-0.1, -0.05) is 42.5 Å². The Kier molecular flexibility index (Phi) is 6.51. The van der Waals surface area contributed by atoms with Gasteiger partial charge in [0.25, 0.3) is 5.91 Å². The predicted octanol–water partition coefficient (Wildman–Crippen LogP) is 4.55. The summed E-state index contributed by atoms with van der Waals surface area (Å²) in [6.07, 6.45) is 0. The molecule has 5 nitrogen and oxygen atoms in total. The van der Waals surface area contributed by atoms with Crippen LogP contribution in [0.4, 0.5) is 5.69 Å². The Morgan fingerprint density at radius 1 is 1.04 bits per heavy atom. The molecule has 0 unspecified atom stereocenters. The van der Waals surface area contributed by atoms with Gasteiger partial charge in [0.2, 0.25) is 0 Å². The van der Waals surface area contributed by atoms with Crippen LogP contribution in [0.1, 0.15) is 27.3 Å². The van der Waals surface area contributed by atoms with Crippen LogP contribution >= 0.6 is 22.6 Å². The summed E-state index contributed by atoms with van der Waals surface area (Å²) in [5.41, 5.74) is 4.13. The Hall–Kier alpha value is -2.61. The van der Waals surface area contributed by atoms with Crippen molar-refractivity contribution in [3.8, 4) is 0 Å². The van der Waals surface area contributed by atoms with Crippen molar-refractivity contribution in [3.05, 3.63) is 86.7 Å². The highest BCUT2D eigenvalue weighted by Crippen LogP contribution is 2.19. The summed E-state index contributed by atoms with van der Waals surface area (Å²) < 4.78 is 8.22. The molecule has 1 N–H and O–H groups in total. The number of hydrogen-bond donors (Lipinski definition) is 1. The van der Waals surface area contributed by atoms with Crippen LogP contribution in [0.5, 0.6) is 0 Å². The van der Waals surface area contributed by atoms with Gasteiger partial charge in [0.1, 0.15) is 0 Å². The highest BCUT2D eigenvalue weighted by atomic mass is 127. The van der Waals surface area contributed by atoms with E-state index in [2.05, 4.69) is 32.5 Å². The molecule has 3 rings (SSSR count). The Morgan fingerprint density at radius 2 is 1.71 bits per heavy atom. The van der Waals surface area contributed by atoms with Crippen LogP contribution in [-0.2, 0) is 16.1 Å². The average molecular weight is 488 g/mol. The van der Waals surface area contributed by atoms with Crippen LogP contribution in [0, 0.1) is 17.4 Å². The number of nitrogens with one attached hydrogen (secondary N) is 1. The number of esters is 1. The quantitative estimate of drug-likeness (QED) is 0.409. The number of hydrogen-bond acceptors (Lipinski definition) is 3. The molecule has 0 aliphatic heterocycles. The van der Waals surface area contributed by atoms with Gasteiger partial charge in [-0.05, 0) is 60.2 Å². The SMILES string of the molecule is Cc1cc(C(=O)OCC(=O)Nc2ccccc2I)c(C)n1Cc1ccccc1. The molecule has 0 saturated heterocycles. The highest BCUT2D eigenvalue weighted by molar-refractivity contribution is 14.1. The van der Waals surface area contributed by atoms with Gasteiger partial charge in [0, 0.05) is 21.5 Å². The minimum absolute atomic E-state index is 0.327. The van der Waals surface area contributed by atoms with Gasteiger partial charge < -0.3 is 14.6 Å². The molecule has 0 aliphatic carbocycles. The lowest BCUT2D eigenvalue weighted by Crippen LogP contribution is -2.21. The summed E-state index contributed by atoms with van der Waals surface area (Å²) in [5.74, 6) is -0.860. The van der Waals surface area contributed by atoms with Crippen LogP contribution in [-0.4, -0.2) is 23.1 Å². The number of aromatic nitrogens is 1. The maximum atomic E-state index is 12.5. The number of aryl methyl sites for hydroxylation is 1. The van der Waals surface area contributed by atoms with E-state index in [-0.39, 0.29) is 12.5 Å². The molecule has 0 radical (unpaired) electrons. The summed E-state index contributed by atoms with van der Waals surface area (Å²) >= 11 is 2.14. The predicted molar refractivity (Wildman–Crippen MR) is 118 cm³/mol. The number of anilines is 1. The molecular formula is C22H21IN2O3. The average Bonchev–Trinajstić information content (AvgIpc) is 2.97. The van der Waals surface area contributed by atoms with E-state index < -0.39 is 5.97 Å². The van der Waals surface area contributed by atoms with Gasteiger partial charge in [0.05, 0.1) is 11.3 Å². The van der Waals surface area contributed by atoms with Crippen molar-refractivity contribution in [2.45, 2.75) is 20.4 Å². The summed E-state index contributed by atoms with van der Waals surface area (Å²) in [4.78, 5) is 24.6. The lowest BCUT2D eigenvalue weighted by molar-refractivity contribution is -0.119. The highest BCUT2D eigenvalue weighted by Gasteiger charge is 2.18. The van der Waals surface area contributed by atoms with Gasteiger partial charge >= 0.3 is 5.97 Å². The molecule has 0 atom stereocenters. The fourth-order valence-electron chi connectivity index (χ4n) is 2.97. The Bertz CT molecular complexity index is 996. The molecule has 1 aromatic heterocycles. The number of para-hydroxylation sites is 1. The van der Waals surface area contributed by atoms with E-state index in [0.29, 0.717) is 17.8 Å². The molecule has 0 spiro atoms. The molecule has 0 aliphatic rings. The maximum absolute atomic E-state index is 12.5. The van der Waals surface area contributed by atoms with Crippen molar-refractivity contribution in [3.63, 3.8) is 0 Å². The number of rotatable bonds is 6. The van der Waals surface area contributed by atoms with Crippen molar-refractivity contribution < 1.29 is 14.3 Å². The van der Waals surface area contributed by atoms with Crippen LogP contribution in [0.15, 0.2) is 60.7 Å². The second-order valence-corrected chi connectivity index (χ2v) is 7.62. The molecule has 28 heavy (non-hydrogen) atoms. The number of carbonyl (C=O) groups excluding carboxylic acids is 2. The molecule has 6 heteroatoms. The number of carbonyl (C=O) groups is 2. The van der Waals surface area contributed by atoms with Gasteiger partial charge in [-0.15, -0.1) is 0 Å². The van der Waals surface area contributed by atoms with Crippen molar-refractivity contribution in [2.75, 3.05) is 11.9 Å². The third-order valence-corrected chi connectivity index (χ3v) is 5.40. The van der Waals surface area contributed by atoms with E-state index in [1.54, 1.807) is 12.1 Å². The monoisotopic (exact) mass is 488 g/mol. The molecule has 1 heterocycles. The summed E-state index contributed by atoms with van der Waals surface area (Å²) in [7, 11) is 0. The molecule has 144 valence electrons. The molecule has 1 amide bonds. The first-order valence-corrected chi connectivity index (χ1v) is 9.95. The van der Waals surface area contributed by atoms with Crippen molar-refractivity contribution in [1.82, 2.24) is 4.57 Å². The van der Waals surface area contributed by atoms with Gasteiger partial charge in [0.15, 0.2) is 6.61 Å². The van der Waals surface area contributed by atoms with Crippen molar-refractivity contribution in [1.29, 1.82) is 0 Å². The minimum atomic E-state index is -0.495. The number of halogens is 1. The van der Waals surface area contributed by atoms with E-state index in [1.807, 2.05) is 62.4 Å². The molecule has 0 bridgehead atoms. The minimum Gasteiger partial charge on any atom is -0.452 e. The van der Waals surface area contributed by atoms with Gasteiger partial charge in [-0.25, -0.2) is 4.79 Å². The van der Waals surface area contributed by atoms with Crippen LogP contribution in [0.25, 0.3) is 0 Å². The summed E-state index contributed by atoms with van der Waals surface area (Å²) in [6.45, 7) is 4.20. The second kappa shape index (κ2) is 9.05. The van der Waals surface area contributed by atoms with Gasteiger partial charge in [-0.2, -0.15) is 0 Å². The van der Waals surface area contributed by atoms with Crippen LogP contribution < -0.4 is 5.32 Å². The van der Waals surface area contributed by atoms with Crippen molar-refractivity contribution in [2.24, 2.45) is 0 Å².